The van der Waals surface area contributed by atoms with Crippen molar-refractivity contribution in [3.63, 3.8) is 0 Å². The van der Waals surface area contributed by atoms with Crippen LogP contribution in [0.5, 0.6) is 11.5 Å². The lowest BCUT2D eigenvalue weighted by molar-refractivity contribution is 0.0774. The van der Waals surface area contributed by atoms with E-state index < -0.39 is 0 Å². The smallest absolute Gasteiger partial charge is 0.256 e. The molecule has 0 saturated carbocycles. The van der Waals surface area contributed by atoms with E-state index in [2.05, 4.69) is 15.3 Å². The molecular formula is C21H23FN4O4S. The summed E-state index contributed by atoms with van der Waals surface area (Å²) in [7, 11) is 1.56. The van der Waals surface area contributed by atoms with Crippen LogP contribution in [0.2, 0.25) is 0 Å². The number of amides is 1. The minimum atomic E-state index is -0.325. The first-order chi connectivity index (χ1) is 15.1. The number of nitrogens with one attached hydrogen (secondary N) is 1. The molecule has 3 aliphatic heterocycles. The van der Waals surface area contributed by atoms with Crippen LogP contribution in [0.3, 0.4) is 0 Å². The summed E-state index contributed by atoms with van der Waals surface area (Å²) in [5.74, 6) is 1.08. The summed E-state index contributed by atoms with van der Waals surface area (Å²) in [6, 6.07) is 3.57. The van der Waals surface area contributed by atoms with E-state index in [1.807, 2.05) is 11.1 Å². The number of fused-ring (bicyclic) bond motifs is 2. The van der Waals surface area contributed by atoms with Crippen LogP contribution in [0.1, 0.15) is 36.0 Å². The molecular weight excluding hydrogens is 423 g/mol. The third kappa shape index (κ3) is 4.22. The van der Waals surface area contributed by atoms with Crippen molar-refractivity contribution in [3.05, 3.63) is 29.0 Å². The van der Waals surface area contributed by atoms with Gasteiger partial charge in [0.2, 0.25) is 0 Å². The van der Waals surface area contributed by atoms with Crippen LogP contribution in [0.15, 0.2) is 23.3 Å². The topological polar surface area (TPSA) is 88.6 Å². The number of anilines is 1. The normalized spacial score (nSPS) is 23.9. The molecule has 0 radical (unpaired) electrons. The largest absolute Gasteiger partial charge is 0.493 e. The summed E-state index contributed by atoms with van der Waals surface area (Å²) in [4.78, 5) is 23.3. The predicted octanol–water partition coefficient (Wildman–Crippen LogP) is 3.61. The predicted molar refractivity (Wildman–Crippen MR) is 114 cm³/mol. The van der Waals surface area contributed by atoms with Gasteiger partial charge in [0.05, 0.1) is 37.2 Å². The molecule has 10 heteroatoms. The molecule has 5 rings (SSSR count). The van der Waals surface area contributed by atoms with E-state index in [0.29, 0.717) is 34.5 Å². The van der Waals surface area contributed by atoms with Gasteiger partial charge in [-0.25, -0.2) is 4.98 Å². The van der Waals surface area contributed by atoms with Crippen LogP contribution in [-0.2, 0) is 4.74 Å². The van der Waals surface area contributed by atoms with Gasteiger partial charge in [-0.15, -0.1) is 0 Å². The number of carbonyl (C=O) groups excluding carboxylic acids is 1. The average Bonchev–Trinajstić information content (AvgIpc) is 3.15. The Morgan fingerprint density at radius 1 is 1.39 bits per heavy atom. The highest BCUT2D eigenvalue weighted by Crippen LogP contribution is 2.38. The lowest BCUT2D eigenvalue weighted by Gasteiger charge is -2.20. The van der Waals surface area contributed by atoms with Crippen LogP contribution in [-0.4, -0.2) is 60.6 Å². The number of benzene rings is 1. The maximum Gasteiger partial charge on any atom is 0.256 e. The van der Waals surface area contributed by atoms with Gasteiger partial charge in [-0.1, -0.05) is 11.3 Å². The summed E-state index contributed by atoms with van der Waals surface area (Å²) in [6.45, 7) is 1.23. The third-order valence-corrected chi connectivity index (χ3v) is 6.39. The Bertz CT molecular complexity index is 1010. The van der Waals surface area contributed by atoms with Crippen molar-refractivity contribution < 1.29 is 23.4 Å². The Labute approximate surface area is 183 Å². The number of aromatic nitrogens is 1. The Hall–Kier alpha value is -2.72. The lowest BCUT2D eigenvalue weighted by atomic mass is 10.1. The minimum Gasteiger partial charge on any atom is -0.493 e. The number of epoxide rings is 1. The summed E-state index contributed by atoms with van der Waals surface area (Å²) in [6.07, 6.45) is 6.48. The van der Waals surface area contributed by atoms with Gasteiger partial charge in [0, 0.05) is 18.8 Å². The Balaban J connectivity index is 1.17. The van der Waals surface area contributed by atoms with Crippen molar-refractivity contribution in [2.24, 2.45) is 4.99 Å². The molecule has 2 fully saturated rings. The second-order valence-electron chi connectivity index (χ2n) is 7.71. The number of aliphatic imine (C=N–C) groups is 1. The number of carbonyl (C=O) groups is 1. The van der Waals surface area contributed by atoms with E-state index in [4.69, 9.17) is 14.2 Å². The van der Waals surface area contributed by atoms with Gasteiger partial charge in [-0.2, -0.15) is 4.39 Å². The highest BCUT2D eigenvalue weighted by Gasteiger charge is 2.39. The van der Waals surface area contributed by atoms with E-state index in [0.717, 1.165) is 43.6 Å². The second kappa shape index (κ2) is 8.43. The molecule has 1 N–H and O–H groups in total. The third-order valence-electron chi connectivity index (χ3n) is 5.67. The van der Waals surface area contributed by atoms with Crippen molar-refractivity contribution in [3.8, 4) is 11.5 Å². The minimum absolute atomic E-state index is 0.00983. The monoisotopic (exact) mass is 446 g/mol. The van der Waals surface area contributed by atoms with Gasteiger partial charge in [-0.3, -0.25) is 9.79 Å². The zero-order chi connectivity index (χ0) is 21.4. The molecule has 1 aromatic heterocycles. The average molecular weight is 447 g/mol. The molecule has 8 nitrogen and oxygen atoms in total. The number of hydrogen-bond donors (Lipinski definition) is 1. The molecule has 0 spiro atoms. The first kappa shape index (κ1) is 20.2. The molecule has 4 heterocycles. The number of nitrogens with zero attached hydrogens (tertiary/aromatic N) is 3. The van der Waals surface area contributed by atoms with Crippen LogP contribution in [0.25, 0.3) is 0 Å². The first-order valence-electron chi connectivity index (χ1n) is 10.4. The molecule has 0 bridgehead atoms. The fraction of sp³-hybridized carbons (Fsp3) is 0.476. The number of halogens is 1. The van der Waals surface area contributed by atoms with E-state index in [1.165, 1.54) is 6.20 Å². The molecule has 1 amide bonds. The maximum atomic E-state index is 13.0. The standard InChI is InChI=1S/C21H23FN4O4S/c1-28-16-8-13-14(23-10-12-4-2-6-26(12)20(13)27)9-17(16)29-7-3-5-15-19(30-15)25-21-24-11-18(22)31-21/h8-12,15,19H,2-7H2,1H3,(H,24,25)/t12-,15?,19?/m0/s1. The van der Waals surface area contributed by atoms with Gasteiger partial charge >= 0.3 is 0 Å². The van der Waals surface area contributed by atoms with Crippen LogP contribution < -0.4 is 14.8 Å². The number of rotatable bonds is 8. The van der Waals surface area contributed by atoms with E-state index in [9.17, 15) is 9.18 Å². The van der Waals surface area contributed by atoms with Crippen molar-refractivity contribution in [2.45, 2.75) is 44.1 Å². The highest BCUT2D eigenvalue weighted by atomic mass is 32.1. The summed E-state index contributed by atoms with van der Waals surface area (Å²) >= 11 is 0.960. The van der Waals surface area contributed by atoms with Gasteiger partial charge in [0.15, 0.2) is 28.0 Å². The van der Waals surface area contributed by atoms with Gasteiger partial charge < -0.3 is 24.4 Å². The quantitative estimate of drug-likeness (QED) is 0.492. The van der Waals surface area contributed by atoms with Gasteiger partial charge in [-0.05, 0) is 31.7 Å². The molecule has 3 aliphatic rings. The molecule has 31 heavy (non-hydrogen) atoms. The SMILES string of the molecule is COc1cc2c(cc1OCCCC1OC1Nc1ncc(F)s1)N=C[C@@H]1CCCN1C2=O. The van der Waals surface area contributed by atoms with Gasteiger partial charge in [0.1, 0.15) is 6.10 Å². The van der Waals surface area contributed by atoms with E-state index in [-0.39, 0.29) is 29.4 Å². The summed E-state index contributed by atoms with van der Waals surface area (Å²) in [5, 5.41) is 3.25. The number of hydrogen-bond acceptors (Lipinski definition) is 8. The fourth-order valence-electron chi connectivity index (χ4n) is 4.02. The number of methoxy groups -OCH3 is 1. The summed E-state index contributed by atoms with van der Waals surface area (Å²) in [5.41, 5.74) is 1.16. The molecule has 1 aromatic carbocycles. The Morgan fingerprint density at radius 3 is 3.10 bits per heavy atom. The first-order valence-corrected chi connectivity index (χ1v) is 11.2. The van der Waals surface area contributed by atoms with Crippen molar-refractivity contribution in [1.82, 2.24) is 9.88 Å². The zero-order valence-corrected chi connectivity index (χ0v) is 17.9. The highest BCUT2D eigenvalue weighted by molar-refractivity contribution is 7.13. The lowest BCUT2D eigenvalue weighted by Crippen LogP contribution is -2.35. The Kier molecular flexibility index (Phi) is 5.49. The molecule has 2 unspecified atom stereocenters. The van der Waals surface area contributed by atoms with Crippen molar-refractivity contribution in [1.29, 1.82) is 0 Å². The van der Waals surface area contributed by atoms with Crippen LogP contribution >= 0.6 is 11.3 Å². The van der Waals surface area contributed by atoms with E-state index in [1.54, 1.807) is 19.2 Å². The Morgan fingerprint density at radius 2 is 2.29 bits per heavy atom. The summed E-state index contributed by atoms with van der Waals surface area (Å²) < 4.78 is 30.0. The van der Waals surface area contributed by atoms with Crippen molar-refractivity contribution in [2.75, 3.05) is 25.6 Å². The van der Waals surface area contributed by atoms with Crippen LogP contribution in [0.4, 0.5) is 15.2 Å². The molecule has 164 valence electrons. The second-order valence-corrected chi connectivity index (χ2v) is 8.69. The number of thiazole rings is 1. The van der Waals surface area contributed by atoms with Crippen LogP contribution in [0, 0.1) is 5.13 Å². The molecule has 3 atom stereocenters. The van der Waals surface area contributed by atoms with Crippen molar-refractivity contribution >= 4 is 34.3 Å². The van der Waals surface area contributed by atoms with E-state index >= 15 is 0 Å². The van der Waals surface area contributed by atoms with Gasteiger partial charge in [0.25, 0.3) is 5.91 Å². The fourth-order valence-corrected chi connectivity index (χ4v) is 4.59. The molecule has 0 aliphatic carbocycles. The zero-order valence-electron chi connectivity index (χ0n) is 17.0. The maximum absolute atomic E-state index is 13.0. The number of ether oxygens (including phenoxy) is 3. The molecule has 2 aromatic rings. The molecule has 2 saturated heterocycles.